The number of carbonyl (C=O) groups excluding carboxylic acids is 1. The van der Waals surface area contributed by atoms with Crippen molar-refractivity contribution in [1.29, 1.82) is 0 Å². The van der Waals surface area contributed by atoms with Crippen LogP contribution in [0.15, 0.2) is 52.1 Å². The van der Waals surface area contributed by atoms with E-state index in [1.54, 1.807) is 19.4 Å². The first kappa shape index (κ1) is 19.4. The van der Waals surface area contributed by atoms with Gasteiger partial charge in [0.15, 0.2) is 5.96 Å². The molecule has 7 heteroatoms. The van der Waals surface area contributed by atoms with Gasteiger partial charge in [0.1, 0.15) is 11.5 Å². The smallest absolute Gasteiger partial charge is 0.239 e. The summed E-state index contributed by atoms with van der Waals surface area (Å²) in [6.45, 7) is 3.79. The van der Waals surface area contributed by atoms with Crippen molar-refractivity contribution in [3.8, 4) is 5.75 Å². The molecule has 0 spiro atoms. The van der Waals surface area contributed by atoms with Crippen LogP contribution in [0.5, 0.6) is 5.75 Å². The van der Waals surface area contributed by atoms with Gasteiger partial charge in [0.05, 0.1) is 26.0 Å². The third-order valence-corrected chi connectivity index (χ3v) is 3.67. The standard InChI is InChI=1S/C19H26N4O3/c1-4-25-16-9-7-15(8-10-16)14-23(3)19(20-2)22-13-18(24)21-12-17-6-5-11-26-17/h5-11H,4,12-14H2,1-3H3,(H,20,22)(H,21,24). The van der Waals surface area contributed by atoms with Crippen molar-refractivity contribution in [3.05, 3.63) is 54.0 Å². The molecule has 1 aromatic heterocycles. The predicted molar refractivity (Wildman–Crippen MR) is 101 cm³/mol. The molecular weight excluding hydrogens is 332 g/mol. The minimum atomic E-state index is -0.128. The Kier molecular flexibility index (Phi) is 7.54. The molecule has 0 unspecified atom stereocenters. The van der Waals surface area contributed by atoms with Crippen molar-refractivity contribution in [2.24, 2.45) is 4.99 Å². The molecule has 0 saturated carbocycles. The number of hydrogen-bond donors (Lipinski definition) is 2. The van der Waals surface area contributed by atoms with Crippen molar-refractivity contribution < 1.29 is 13.9 Å². The fourth-order valence-electron chi connectivity index (χ4n) is 2.41. The predicted octanol–water partition coefficient (Wildman–Crippen LogP) is 2.00. The molecule has 0 aliphatic heterocycles. The van der Waals surface area contributed by atoms with E-state index < -0.39 is 0 Å². The van der Waals surface area contributed by atoms with E-state index in [0.29, 0.717) is 25.7 Å². The first-order chi connectivity index (χ1) is 12.6. The van der Waals surface area contributed by atoms with E-state index in [0.717, 1.165) is 17.1 Å². The molecule has 1 aromatic carbocycles. The summed E-state index contributed by atoms with van der Waals surface area (Å²) in [5.41, 5.74) is 1.13. The molecule has 0 saturated heterocycles. The minimum Gasteiger partial charge on any atom is -0.494 e. The van der Waals surface area contributed by atoms with Crippen molar-refractivity contribution in [1.82, 2.24) is 15.5 Å². The zero-order valence-electron chi connectivity index (χ0n) is 15.5. The molecule has 0 fully saturated rings. The van der Waals surface area contributed by atoms with Crippen LogP contribution in [0, 0.1) is 0 Å². The van der Waals surface area contributed by atoms with Crippen LogP contribution in [-0.2, 0) is 17.9 Å². The van der Waals surface area contributed by atoms with Crippen LogP contribution < -0.4 is 15.4 Å². The van der Waals surface area contributed by atoms with E-state index in [9.17, 15) is 4.79 Å². The van der Waals surface area contributed by atoms with Crippen LogP contribution in [0.2, 0.25) is 0 Å². The molecule has 0 bridgehead atoms. The Morgan fingerprint density at radius 3 is 2.62 bits per heavy atom. The quantitative estimate of drug-likeness (QED) is 0.557. The highest BCUT2D eigenvalue weighted by atomic mass is 16.5. The van der Waals surface area contributed by atoms with Crippen molar-refractivity contribution in [3.63, 3.8) is 0 Å². The number of benzene rings is 1. The highest BCUT2D eigenvalue weighted by Crippen LogP contribution is 2.13. The third kappa shape index (κ3) is 6.16. The maximum absolute atomic E-state index is 11.9. The van der Waals surface area contributed by atoms with Crippen molar-refractivity contribution >= 4 is 11.9 Å². The number of carbonyl (C=O) groups is 1. The third-order valence-electron chi connectivity index (χ3n) is 3.67. The average Bonchev–Trinajstić information content (AvgIpc) is 3.16. The van der Waals surface area contributed by atoms with Gasteiger partial charge in [0.25, 0.3) is 0 Å². The zero-order chi connectivity index (χ0) is 18.8. The molecule has 1 amide bonds. The summed E-state index contributed by atoms with van der Waals surface area (Å²) in [5.74, 6) is 2.09. The number of furan rings is 1. The van der Waals surface area contributed by atoms with Crippen molar-refractivity contribution in [2.75, 3.05) is 27.2 Å². The second kappa shape index (κ2) is 10.1. The molecule has 0 radical (unpaired) electrons. The maximum atomic E-state index is 11.9. The first-order valence-electron chi connectivity index (χ1n) is 8.55. The van der Waals surface area contributed by atoms with Crippen LogP contribution in [0.1, 0.15) is 18.2 Å². The van der Waals surface area contributed by atoms with Crippen LogP contribution >= 0.6 is 0 Å². The number of ether oxygens (including phenoxy) is 1. The molecule has 0 aliphatic rings. The monoisotopic (exact) mass is 358 g/mol. The summed E-state index contributed by atoms with van der Waals surface area (Å²) >= 11 is 0. The molecule has 2 aromatic rings. The van der Waals surface area contributed by atoms with Gasteiger partial charge in [-0.2, -0.15) is 0 Å². The van der Waals surface area contributed by atoms with Gasteiger partial charge in [0.2, 0.25) is 5.91 Å². The highest BCUT2D eigenvalue weighted by Gasteiger charge is 2.09. The Hall–Kier alpha value is -2.96. The van der Waals surface area contributed by atoms with Gasteiger partial charge in [-0.15, -0.1) is 0 Å². The SMILES string of the molecule is CCOc1ccc(CN(C)C(=NC)NCC(=O)NCc2ccco2)cc1. The maximum Gasteiger partial charge on any atom is 0.239 e. The van der Waals surface area contributed by atoms with E-state index in [1.165, 1.54) is 0 Å². The molecule has 26 heavy (non-hydrogen) atoms. The van der Waals surface area contributed by atoms with Crippen molar-refractivity contribution in [2.45, 2.75) is 20.0 Å². The molecule has 0 aliphatic carbocycles. The van der Waals surface area contributed by atoms with Gasteiger partial charge in [-0.25, -0.2) is 0 Å². The molecule has 0 atom stereocenters. The summed E-state index contributed by atoms with van der Waals surface area (Å²) in [6.07, 6.45) is 1.58. The number of nitrogens with one attached hydrogen (secondary N) is 2. The molecular formula is C19H26N4O3. The summed E-state index contributed by atoms with van der Waals surface area (Å²) in [4.78, 5) is 18.1. The summed E-state index contributed by atoms with van der Waals surface area (Å²) in [5, 5.41) is 5.85. The number of rotatable bonds is 8. The Morgan fingerprint density at radius 2 is 2.00 bits per heavy atom. The summed E-state index contributed by atoms with van der Waals surface area (Å²) in [6, 6.07) is 11.5. The number of guanidine groups is 1. The van der Waals surface area contributed by atoms with Crippen LogP contribution in [0.4, 0.5) is 0 Å². The molecule has 1 heterocycles. The number of amides is 1. The summed E-state index contributed by atoms with van der Waals surface area (Å²) in [7, 11) is 3.62. The van der Waals surface area contributed by atoms with E-state index in [2.05, 4.69) is 15.6 Å². The lowest BCUT2D eigenvalue weighted by Crippen LogP contribution is -2.43. The first-order valence-corrected chi connectivity index (χ1v) is 8.55. The lowest BCUT2D eigenvalue weighted by atomic mass is 10.2. The minimum absolute atomic E-state index is 0.128. The number of hydrogen-bond acceptors (Lipinski definition) is 4. The Balaban J connectivity index is 1.78. The van der Waals surface area contributed by atoms with Crippen LogP contribution in [-0.4, -0.2) is 44.0 Å². The normalized spacial score (nSPS) is 11.1. The van der Waals surface area contributed by atoms with Gasteiger partial charge in [-0.05, 0) is 36.8 Å². The molecule has 7 nitrogen and oxygen atoms in total. The second-order valence-corrected chi connectivity index (χ2v) is 5.69. The molecule has 2 N–H and O–H groups in total. The van der Waals surface area contributed by atoms with Gasteiger partial charge >= 0.3 is 0 Å². The van der Waals surface area contributed by atoms with Gasteiger partial charge in [-0.1, -0.05) is 12.1 Å². The van der Waals surface area contributed by atoms with E-state index in [1.807, 2.05) is 49.2 Å². The number of aliphatic imine (C=N–C) groups is 1. The highest BCUT2D eigenvalue weighted by molar-refractivity contribution is 5.86. The topological polar surface area (TPSA) is 79.1 Å². The molecule has 2 rings (SSSR count). The second-order valence-electron chi connectivity index (χ2n) is 5.69. The lowest BCUT2D eigenvalue weighted by Gasteiger charge is -2.22. The van der Waals surface area contributed by atoms with Gasteiger partial charge < -0.3 is 24.7 Å². The van der Waals surface area contributed by atoms with Crippen LogP contribution in [0.25, 0.3) is 0 Å². The van der Waals surface area contributed by atoms with Gasteiger partial charge in [-0.3, -0.25) is 9.79 Å². The number of nitrogens with zero attached hydrogens (tertiary/aromatic N) is 2. The average molecular weight is 358 g/mol. The lowest BCUT2D eigenvalue weighted by molar-refractivity contribution is -0.120. The van der Waals surface area contributed by atoms with E-state index in [4.69, 9.17) is 9.15 Å². The van der Waals surface area contributed by atoms with E-state index in [-0.39, 0.29) is 12.5 Å². The van der Waals surface area contributed by atoms with Crippen LogP contribution in [0.3, 0.4) is 0 Å². The molecule has 140 valence electrons. The Bertz CT molecular complexity index is 696. The van der Waals surface area contributed by atoms with Gasteiger partial charge in [0, 0.05) is 20.6 Å². The fraction of sp³-hybridized carbons (Fsp3) is 0.368. The Morgan fingerprint density at radius 1 is 1.23 bits per heavy atom. The fourth-order valence-corrected chi connectivity index (χ4v) is 2.41. The van der Waals surface area contributed by atoms with E-state index >= 15 is 0 Å². The summed E-state index contributed by atoms with van der Waals surface area (Å²) < 4.78 is 10.6. The Labute approximate surface area is 154 Å². The zero-order valence-corrected chi connectivity index (χ0v) is 15.5. The largest absolute Gasteiger partial charge is 0.494 e.